The van der Waals surface area contributed by atoms with Gasteiger partial charge in [-0.25, -0.2) is 4.79 Å². The molecule has 0 aromatic heterocycles. The Kier molecular flexibility index (Phi) is 7.81. The first-order valence-electron chi connectivity index (χ1n) is 10.7. The standard InChI is InChI=1S/C22H35N3O2/c26-17-20-11-14-25(15-12-20)21-8-6-19(7-9-21)16-24-22(27)23-13-10-18-4-2-1-3-5-18/h6-9,18,20,26H,1-5,10-17H2,(H2,23,24,27). The summed E-state index contributed by atoms with van der Waals surface area (Å²) in [7, 11) is 0. The number of hydrogen-bond donors (Lipinski definition) is 3. The molecule has 27 heavy (non-hydrogen) atoms. The Morgan fingerprint density at radius 3 is 2.33 bits per heavy atom. The van der Waals surface area contributed by atoms with E-state index in [0.717, 1.165) is 50.4 Å². The molecule has 1 aliphatic heterocycles. The molecule has 2 fully saturated rings. The van der Waals surface area contributed by atoms with Crippen molar-refractivity contribution in [2.45, 2.75) is 57.9 Å². The normalized spacial score (nSPS) is 19.1. The fraction of sp³-hybridized carbons (Fsp3) is 0.682. The van der Waals surface area contributed by atoms with Crippen molar-refractivity contribution in [1.29, 1.82) is 0 Å². The van der Waals surface area contributed by atoms with Crippen molar-refractivity contribution < 1.29 is 9.90 Å². The monoisotopic (exact) mass is 373 g/mol. The van der Waals surface area contributed by atoms with Crippen molar-refractivity contribution in [2.24, 2.45) is 11.8 Å². The quantitative estimate of drug-likeness (QED) is 0.683. The van der Waals surface area contributed by atoms with Crippen molar-refractivity contribution in [3.8, 4) is 0 Å². The van der Waals surface area contributed by atoms with Crippen LogP contribution in [0, 0.1) is 11.8 Å². The summed E-state index contributed by atoms with van der Waals surface area (Å²) in [6.45, 7) is 3.65. The molecule has 3 N–H and O–H groups in total. The second kappa shape index (κ2) is 10.5. The first-order chi connectivity index (χ1) is 13.2. The molecular weight excluding hydrogens is 338 g/mol. The van der Waals surface area contributed by atoms with Crippen LogP contribution in [0.5, 0.6) is 0 Å². The zero-order valence-corrected chi connectivity index (χ0v) is 16.5. The summed E-state index contributed by atoms with van der Waals surface area (Å²) in [6.07, 6.45) is 9.96. The van der Waals surface area contributed by atoms with Gasteiger partial charge in [-0.2, -0.15) is 0 Å². The summed E-state index contributed by atoms with van der Waals surface area (Å²) >= 11 is 0. The van der Waals surface area contributed by atoms with E-state index in [0.29, 0.717) is 19.1 Å². The Bertz CT molecular complexity index is 561. The Hall–Kier alpha value is -1.75. The molecule has 1 aliphatic carbocycles. The maximum atomic E-state index is 12.0. The number of benzene rings is 1. The van der Waals surface area contributed by atoms with Crippen LogP contribution in [0.15, 0.2) is 24.3 Å². The molecule has 1 aromatic carbocycles. The topological polar surface area (TPSA) is 64.6 Å². The molecule has 1 aromatic rings. The summed E-state index contributed by atoms with van der Waals surface area (Å²) < 4.78 is 0. The van der Waals surface area contributed by atoms with E-state index in [2.05, 4.69) is 39.8 Å². The maximum absolute atomic E-state index is 12.0. The predicted octanol–water partition coefficient (Wildman–Crippen LogP) is 3.66. The van der Waals surface area contributed by atoms with Crippen LogP contribution in [0.2, 0.25) is 0 Å². The molecule has 0 bridgehead atoms. The number of rotatable bonds is 7. The minimum Gasteiger partial charge on any atom is -0.396 e. The smallest absolute Gasteiger partial charge is 0.315 e. The number of amides is 2. The predicted molar refractivity (Wildman–Crippen MR) is 110 cm³/mol. The summed E-state index contributed by atoms with van der Waals surface area (Å²) in [5.41, 5.74) is 2.35. The number of aliphatic hydroxyl groups is 1. The number of urea groups is 1. The average Bonchev–Trinajstić information content (AvgIpc) is 2.73. The van der Waals surface area contributed by atoms with Gasteiger partial charge in [-0.3, -0.25) is 0 Å². The van der Waals surface area contributed by atoms with Crippen molar-refractivity contribution in [3.05, 3.63) is 29.8 Å². The Morgan fingerprint density at radius 1 is 0.963 bits per heavy atom. The summed E-state index contributed by atoms with van der Waals surface area (Å²) in [4.78, 5) is 14.4. The highest BCUT2D eigenvalue weighted by Crippen LogP contribution is 2.26. The van der Waals surface area contributed by atoms with E-state index in [1.165, 1.54) is 37.8 Å². The molecular formula is C22H35N3O2. The minimum atomic E-state index is -0.0686. The van der Waals surface area contributed by atoms with Crippen LogP contribution in [0.1, 0.15) is 56.9 Å². The third kappa shape index (κ3) is 6.42. The minimum absolute atomic E-state index is 0.0686. The maximum Gasteiger partial charge on any atom is 0.315 e. The summed E-state index contributed by atoms with van der Waals surface area (Å²) in [5.74, 6) is 1.26. The first-order valence-corrected chi connectivity index (χ1v) is 10.7. The van der Waals surface area contributed by atoms with Gasteiger partial charge in [-0.05, 0) is 48.8 Å². The van der Waals surface area contributed by atoms with Gasteiger partial charge in [0.2, 0.25) is 0 Å². The largest absolute Gasteiger partial charge is 0.396 e. The zero-order valence-electron chi connectivity index (χ0n) is 16.5. The van der Waals surface area contributed by atoms with Crippen LogP contribution in [-0.4, -0.2) is 37.4 Å². The molecule has 0 atom stereocenters. The van der Waals surface area contributed by atoms with Crippen LogP contribution < -0.4 is 15.5 Å². The fourth-order valence-corrected chi connectivity index (χ4v) is 4.31. The van der Waals surface area contributed by atoms with Crippen LogP contribution in [0.3, 0.4) is 0 Å². The number of carbonyl (C=O) groups is 1. The van der Waals surface area contributed by atoms with Gasteiger partial charge in [0, 0.05) is 38.5 Å². The lowest BCUT2D eigenvalue weighted by atomic mass is 9.87. The van der Waals surface area contributed by atoms with Crippen molar-refractivity contribution in [2.75, 3.05) is 31.1 Å². The molecule has 1 heterocycles. The second-order valence-electron chi connectivity index (χ2n) is 8.18. The van der Waals surface area contributed by atoms with Gasteiger partial charge in [-0.1, -0.05) is 44.2 Å². The molecule has 2 amide bonds. The second-order valence-corrected chi connectivity index (χ2v) is 8.18. The molecule has 1 saturated carbocycles. The van der Waals surface area contributed by atoms with Gasteiger partial charge in [0.1, 0.15) is 0 Å². The van der Waals surface area contributed by atoms with Gasteiger partial charge in [0.05, 0.1) is 0 Å². The SMILES string of the molecule is O=C(NCCC1CCCCC1)NCc1ccc(N2CCC(CO)CC2)cc1. The number of anilines is 1. The highest BCUT2D eigenvalue weighted by atomic mass is 16.3. The van der Waals surface area contributed by atoms with Crippen LogP contribution >= 0.6 is 0 Å². The van der Waals surface area contributed by atoms with E-state index in [9.17, 15) is 9.90 Å². The Morgan fingerprint density at radius 2 is 1.67 bits per heavy atom. The third-order valence-electron chi connectivity index (χ3n) is 6.19. The molecule has 0 spiro atoms. The van der Waals surface area contributed by atoms with Gasteiger partial charge in [-0.15, -0.1) is 0 Å². The number of piperidine rings is 1. The van der Waals surface area contributed by atoms with E-state index in [-0.39, 0.29) is 6.03 Å². The number of hydrogen-bond acceptors (Lipinski definition) is 3. The van der Waals surface area contributed by atoms with E-state index >= 15 is 0 Å². The number of carbonyl (C=O) groups excluding carboxylic acids is 1. The van der Waals surface area contributed by atoms with E-state index in [1.54, 1.807) is 0 Å². The Balaban J connectivity index is 1.34. The number of aliphatic hydroxyl groups excluding tert-OH is 1. The molecule has 0 unspecified atom stereocenters. The summed E-state index contributed by atoms with van der Waals surface area (Å²) in [5, 5.41) is 15.2. The van der Waals surface area contributed by atoms with Crippen molar-refractivity contribution >= 4 is 11.7 Å². The molecule has 5 heteroatoms. The first kappa shape index (κ1) is 20.0. The molecule has 0 radical (unpaired) electrons. The molecule has 2 aliphatic rings. The van der Waals surface area contributed by atoms with Crippen molar-refractivity contribution in [3.63, 3.8) is 0 Å². The fourth-order valence-electron chi connectivity index (χ4n) is 4.31. The number of nitrogens with zero attached hydrogens (tertiary/aromatic N) is 1. The molecule has 150 valence electrons. The van der Waals surface area contributed by atoms with Crippen molar-refractivity contribution in [1.82, 2.24) is 10.6 Å². The summed E-state index contributed by atoms with van der Waals surface area (Å²) in [6, 6.07) is 8.39. The van der Waals surface area contributed by atoms with E-state index in [1.807, 2.05) is 0 Å². The van der Waals surface area contributed by atoms with Gasteiger partial charge < -0.3 is 20.6 Å². The highest BCUT2D eigenvalue weighted by molar-refractivity contribution is 5.73. The number of nitrogens with one attached hydrogen (secondary N) is 2. The van der Waals surface area contributed by atoms with Gasteiger partial charge in [0.15, 0.2) is 0 Å². The Labute approximate surface area is 163 Å². The lowest BCUT2D eigenvalue weighted by Crippen LogP contribution is -2.36. The molecule has 1 saturated heterocycles. The van der Waals surface area contributed by atoms with Gasteiger partial charge in [0.25, 0.3) is 0 Å². The zero-order chi connectivity index (χ0) is 18.9. The van der Waals surface area contributed by atoms with Crippen LogP contribution in [-0.2, 0) is 6.54 Å². The van der Waals surface area contributed by atoms with Crippen LogP contribution in [0.4, 0.5) is 10.5 Å². The molecule has 5 nitrogen and oxygen atoms in total. The van der Waals surface area contributed by atoms with E-state index in [4.69, 9.17) is 0 Å². The highest BCUT2D eigenvalue weighted by Gasteiger charge is 2.18. The van der Waals surface area contributed by atoms with Crippen LogP contribution in [0.25, 0.3) is 0 Å². The average molecular weight is 374 g/mol. The molecule has 3 rings (SSSR count). The van der Waals surface area contributed by atoms with Gasteiger partial charge >= 0.3 is 6.03 Å². The third-order valence-corrected chi connectivity index (χ3v) is 6.19. The lowest BCUT2D eigenvalue weighted by molar-refractivity contribution is 0.203. The van der Waals surface area contributed by atoms with E-state index < -0.39 is 0 Å². The lowest BCUT2D eigenvalue weighted by Gasteiger charge is -2.33.